The van der Waals surface area contributed by atoms with Crippen molar-refractivity contribution in [2.45, 2.75) is 40.0 Å². The summed E-state index contributed by atoms with van der Waals surface area (Å²) in [4.78, 5) is 29.8. The lowest BCUT2D eigenvalue weighted by molar-refractivity contribution is -0.151. The Morgan fingerprint density at radius 1 is 1.25 bits per heavy atom. The van der Waals surface area contributed by atoms with Gasteiger partial charge in [-0.05, 0) is 58.1 Å². The molecule has 2 fully saturated rings. The first-order chi connectivity index (χ1) is 15.3. The average molecular weight is 441 g/mol. The van der Waals surface area contributed by atoms with Gasteiger partial charge in [0, 0.05) is 43.6 Å². The van der Waals surface area contributed by atoms with E-state index in [0.717, 1.165) is 32.4 Å². The van der Waals surface area contributed by atoms with E-state index in [9.17, 15) is 14.0 Å². The molecule has 1 unspecified atom stereocenters. The lowest BCUT2D eigenvalue weighted by atomic mass is 9.57. The van der Waals surface area contributed by atoms with Crippen molar-refractivity contribution in [3.05, 3.63) is 53.4 Å². The number of hydrogen-bond acceptors (Lipinski definition) is 3. The minimum absolute atomic E-state index is 0.0567. The first kappa shape index (κ1) is 22.6. The van der Waals surface area contributed by atoms with E-state index in [1.54, 1.807) is 4.90 Å². The number of rotatable bonds is 7. The Balaban J connectivity index is 1.30. The Morgan fingerprint density at radius 2 is 2.00 bits per heavy atom. The van der Waals surface area contributed by atoms with E-state index >= 15 is 0 Å². The molecule has 1 saturated carbocycles. The van der Waals surface area contributed by atoms with Gasteiger partial charge in [0.25, 0.3) is 5.91 Å². The predicted octanol–water partition coefficient (Wildman–Crippen LogP) is 4.45. The third-order valence-electron chi connectivity index (χ3n) is 7.02. The Bertz CT molecular complexity index is 940. The molecular weight excluding hydrogens is 407 g/mol. The molecule has 0 N–H and O–H groups in total. The highest BCUT2D eigenvalue weighted by Gasteiger charge is 2.56. The molecule has 4 rings (SSSR count). The number of carbonyl (C=O) groups excluding carboxylic acids is 2. The fraction of sp³-hybridized carbons (Fsp3) is 0.538. The molecule has 1 saturated heterocycles. The fourth-order valence-electron chi connectivity index (χ4n) is 5.41. The van der Waals surface area contributed by atoms with Crippen LogP contribution in [0.1, 0.15) is 50.4 Å². The smallest absolute Gasteiger partial charge is 0.257 e. The topological polar surface area (TPSA) is 49.9 Å². The van der Waals surface area contributed by atoms with E-state index in [0.29, 0.717) is 36.9 Å². The third kappa shape index (κ3) is 4.45. The van der Waals surface area contributed by atoms with Crippen LogP contribution in [-0.4, -0.2) is 54.4 Å². The fourth-order valence-corrected chi connectivity index (χ4v) is 5.41. The average Bonchev–Trinajstić information content (AvgIpc) is 2.70. The molecule has 1 heterocycles. The van der Waals surface area contributed by atoms with Crippen LogP contribution in [0.25, 0.3) is 0 Å². The van der Waals surface area contributed by atoms with Crippen LogP contribution in [0, 0.1) is 23.1 Å². The van der Waals surface area contributed by atoms with Gasteiger partial charge >= 0.3 is 0 Å². The number of hydrogen-bond donors (Lipinski definition) is 0. The summed E-state index contributed by atoms with van der Waals surface area (Å²) in [5.41, 5.74) is 1.82. The maximum Gasteiger partial charge on any atom is 0.257 e. The number of carbonyl (C=O) groups is 2. The largest absolute Gasteiger partial charge is 0.493 e. The summed E-state index contributed by atoms with van der Waals surface area (Å²) in [6, 6.07) is 4.06. The summed E-state index contributed by atoms with van der Waals surface area (Å²) in [6.45, 7) is 9.17. The number of likely N-dealkylation sites (tertiary alicyclic amines) is 1. The van der Waals surface area contributed by atoms with Crippen molar-refractivity contribution in [1.82, 2.24) is 9.80 Å². The van der Waals surface area contributed by atoms with Crippen molar-refractivity contribution < 1.29 is 18.7 Å². The van der Waals surface area contributed by atoms with Gasteiger partial charge in [-0.2, -0.15) is 0 Å². The number of nitrogens with zero attached hydrogens (tertiary/aromatic N) is 2. The van der Waals surface area contributed by atoms with Crippen molar-refractivity contribution in [2.24, 2.45) is 17.3 Å². The van der Waals surface area contributed by atoms with Crippen LogP contribution < -0.4 is 4.74 Å². The van der Waals surface area contributed by atoms with Gasteiger partial charge in [0.1, 0.15) is 11.6 Å². The molecule has 6 heteroatoms. The summed E-state index contributed by atoms with van der Waals surface area (Å²) in [6.07, 6.45) is 9.13. The second-order valence-electron chi connectivity index (χ2n) is 9.58. The molecule has 1 atom stereocenters. The molecule has 0 bridgehead atoms. The van der Waals surface area contributed by atoms with Crippen LogP contribution in [0.3, 0.4) is 0 Å². The molecule has 0 radical (unpaired) electrons. The first-order valence-electron chi connectivity index (χ1n) is 11.7. The predicted molar refractivity (Wildman–Crippen MR) is 122 cm³/mol. The summed E-state index contributed by atoms with van der Waals surface area (Å²) >= 11 is 0. The quantitative estimate of drug-likeness (QED) is 0.630. The van der Waals surface area contributed by atoms with E-state index < -0.39 is 5.82 Å². The highest BCUT2D eigenvalue weighted by atomic mass is 19.1. The standard InChI is InChI=1S/C26H33FN2O3/c1-4-28(15-19-8-6-7-18(3)11-19)24(30)20-13-26(14-20)16-29(17-26)25(31)22-10-9-21(27)12-23(22)32-5-2/h6-10,12,19-20H,4-5,11,13-17H2,1-3H3. The van der Waals surface area contributed by atoms with Crippen molar-refractivity contribution in [1.29, 1.82) is 0 Å². The highest BCUT2D eigenvalue weighted by Crippen LogP contribution is 2.53. The molecule has 172 valence electrons. The number of halogens is 1. The van der Waals surface area contributed by atoms with Gasteiger partial charge in [0.15, 0.2) is 0 Å². The zero-order valence-corrected chi connectivity index (χ0v) is 19.3. The monoisotopic (exact) mass is 440 g/mol. The van der Waals surface area contributed by atoms with E-state index in [-0.39, 0.29) is 23.1 Å². The molecule has 2 aliphatic carbocycles. The summed E-state index contributed by atoms with van der Waals surface area (Å²) < 4.78 is 19.0. The molecule has 1 aromatic rings. The molecule has 1 aromatic carbocycles. The molecule has 3 aliphatic rings. The van der Waals surface area contributed by atoms with Gasteiger partial charge in [0.05, 0.1) is 12.2 Å². The molecule has 1 spiro atoms. The number of amides is 2. The van der Waals surface area contributed by atoms with Crippen LogP contribution in [-0.2, 0) is 4.79 Å². The van der Waals surface area contributed by atoms with E-state index in [1.807, 2.05) is 18.7 Å². The SMILES string of the molecule is CCOc1cc(F)ccc1C(=O)N1CC2(CC(C(=O)N(CC)CC3C=CC=C(C)C3)C2)C1. The zero-order chi connectivity index (χ0) is 22.9. The van der Waals surface area contributed by atoms with Crippen molar-refractivity contribution in [3.63, 3.8) is 0 Å². The van der Waals surface area contributed by atoms with Crippen molar-refractivity contribution in [2.75, 3.05) is 32.8 Å². The normalized spacial score (nSPS) is 21.6. The van der Waals surface area contributed by atoms with Crippen LogP contribution in [0.4, 0.5) is 4.39 Å². The van der Waals surface area contributed by atoms with Gasteiger partial charge in [-0.1, -0.05) is 23.8 Å². The summed E-state index contributed by atoms with van der Waals surface area (Å²) in [5, 5.41) is 0. The van der Waals surface area contributed by atoms with Gasteiger partial charge in [-0.3, -0.25) is 9.59 Å². The van der Waals surface area contributed by atoms with Gasteiger partial charge < -0.3 is 14.5 Å². The second kappa shape index (κ2) is 9.08. The van der Waals surface area contributed by atoms with Crippen LogP contribution in [0.2, 0.25) is 0 Å². The number of benzene rings is 1. The maximum atomic E-state index is 13.6. The maximum absolute atomic E-state index is 13.6. The molecular formula is C26H33FN2O3. The Labute approximate surface area is 189 Å². The summed E-state index contributed by atoms with van der Waals surface area (Å²) in [5.74, 6) is 0.449. The lowest BCUT2D eigenvalue weighted by Crippen LogP contribution is -2.65. The highest BCUT2D eigenvalue weighted by molar-refractivity contribution is 5.97. The molecule has 2 amide bonds. The Hall–Kier alpha value is -2.63. The van der Waals surface area contributed by atoms with Gasteiger partial charge in [-0.25, -0.2) is 4.39 Å². The summed E-state index contributed by atoms with van der Waals surface area (Å²) in [7, 11) is 0. The zero-order valence-electron chi connectivity index (χ0n) is 19.3. The van der Waals surface area contributed by atoms with Crippen LogP contribution in [0.15, 0.2) is 42.0 Å². The molecule has 5 nitrogen and oxygen atoms in total. The van der Waals surface area contributed by atoms with Crippen molar-refractivity contribution >= 4 is 11.8 Å². The molecule has 0 aromatic heterocycles. The van der Waals surface area contributed by atoms with Crippen LogP contribution in [0.5, 0.6) is 5.75 Å². The molecule has 32 heavy (non-hydrogen) atoms. The molecule has 1 aliphatic heterocycles. The second-order valence-corrected chi connectivity index (χ2v) is 9.58. The first-order valence-corrected chi connectivity index (χ1v) is 11.7. The number of ether oxygens (including phenoxy) is 1. The van der Waals surface area contributed by atoms with Crippen molar-refractivity contribution in [3.8, 4) is 5.75 Å². The van der Waals surface area contributed by atoms with E-state index in [1.165, 1.54) is 23.8 Å². The number of allylic oxidation sites excluding steroid dienone is 3. The lowest BCUT2D eigenvalue weighted by Gasteiger charge is -2.59. The minimum Gasteiger partial charge on any atom is -0.493 e. The van der Waals surface area contributed by atoms with Crippen LogP contribution >= 0.6 is 0 Å². The minimum atomic E-state index is -0.416. The van der Waals surface area contributed by atoms with Gasteiger partial charge in [0.2, 0.25) is 5.91 Å². The third-order valence-corrected chi connectivity index (χ3v) is 7.02. The van der Waals surface area contributed by atoms with E-state index in [2.05, 4.69) is 25.2 Å². The van der Waals surface area contributed by atoms with Gasteiger partial charge in [-0.15, -0.1) is 0 Å². The Morgan fingerprint density at radius 3 is 2.66 bits per heavy atom. The Kier molecular flexibility index (Phi) is 6.40. The van der Waals surface area contributed by atoms with E-state index in [4.69, 9.17) is 4.74 Å².